The summed E-state index contributed by atoms with van der Waals surface area (Å²) in [6, 6.07) is 7.11. The lowest BCUT2D eigenvalue weighted by atomic mass is 10.1. The van der Waals surface area contributed by atoms with E-state index in [4.69, 9.17) is 11.6 Å². The third-order valence-electron chi connectivity index (χ3n) is 2.60. The average molecular weight is 313 g/mol. The number of nitrogens with one attached hydrogen (secondary N) is 1. The molecule has 0 radical (unpaired) electrons. The van der Waals surface area contributed by atoms with Crippen LogP contribution in [0.3, 0.4) is 0 Å². The van der Waals surface area contributed by atoms with Gasteiger partial charge in [-0.25, -0.2) is 4.39 Å². The van der Waals surface area contributed by atoms with E-state index in [1.165, 1.54) is 24.3 Å². The molecule has 2 aromatic rings. The molecule has 0 atom stereocenters. The Morgan fingerprint density at radius 1 is 1.14 bits per heavy atom. The summed E-state index contributed by atoms with van der Waals surface area (Å²) in [7, 11) is 0. The number of hydrogen-bond acceptors (Lipinski definition) is 3. The van der Waals surface area contributed by atoms with Crippen LogP contribution in [0.2, 0.25) is 5.02 Å². The van der Waals surface area contributed by atoms with Crippen molar-refractivity contribution < 1.29 is 18.5 Å². The molecule has 2 aromatic carbocycles. The lowest BCUT2D eigenvalue weighted by molar-refractivity contribution is -0.387. The maximum Gasteiger partial charge on any atom is 0.305 e. The van der Waals surface area contributed by atoms with E-state index in [-0.39, 0.29) is 5.69 Å². The van der Waals surface area contributed by atoms with Crippen molar-refractivity contribution >= 4 is 28.9 Å². The van der Waals surface area contributed by atoms with Crippen molar-refractivity contribution in [1.29, 1.82) is 0 Å². The molecule has 0 saturated heterocycles. The first-order valence-corrected chi connectivity index (χ1v) is 5.97. The topological polar surface area (TPSA) is 72.2 Å². The number of nitrogens with zero attached hydrogens (tertiary/aromatic N) is 1. The predicted molar refractivity (Wildman–Crippen MR) is 72.4 cm³/mol. The fraction of sp³-hybridized carbons (Fsp3) is 0. The summed E-state index contributed by atoms with van der Waals surface area (Å²) in [4.78, 5) is 21.4. The molecule has 8 heteroatoms. The molecule has 0 fully saturated rings. The molecule has 108 valence electrons. The SMILES string of the molecule is O=C(Nc1ccc(Cl)cc1)c1c(F)ccc([N+](=O)[O-])c1F. The van der Waals surface area contributed by atoms with Gasteiger partial charge < -0.3 is 5.32 Å². The van der Waals surface area contributed by atoms with Crippen LogP contribution in [0.25, 0.3) is 0 Å². The highest BCUT2D eigenvalue weighted by Crippen LogP contribution is 2.24. The van der Waals surface area contributed by atoms with Gasteiger partial charge in [-0.15, -0.1) is 0 Å². The van der Waals surface area contributed by atoms with E-state index in [1.54, 1.807) is 0 Å². The van der Waals surface area contributed by atoms with Crippen LogP contribution >= 0.6 is 11.6 Å². The van der Waals surface area contributed by atoms with E-state index in [2.05, 4.69) is 5.32 Å². The molecule has 0 spiro atoms. The van der Waals surface area contributed by atoms with E-state index >= 15 is 0 Å². The van der Waals surface area contributed by atoms with Gasteiger partial charge in [-0.3, -0.25) is 14.9 Å². The minimum atomic E-state index is -1.52. The molecule has 0 aliphatic carbocycles. The van der Waals surface area contributed by atoms with Gasteiger partial charge >= 0.3 is 5.69 Å². The minimum Gasteiger partial charge on any atom is -0.322 e. The number of halogens is 3. The third-order valence-corrected chi connectivity index (χ3v) is 2.85. The lowest BCUT2D eigenvalue weighted by Gasteiger charge is -2.07. The van der Waals surface area contributed by atoms with Crippen molar-refractivity contribution in [2.45, 2.75) is 0 Å². The first kappa shape index (κ1) is 14.9. The molecule has 0 bridgehead atoms. The maximum absolute atomic E-state index is 13.8. The molecule has 0 aromatic heterocycles. The summed E-state index contributed by atoms with van der Waals surface area (Å²) in [5.41, 5.74) is -1.74. The molecular weight excluding hydrogens is 306 g/mol. The smallest absolute Gasteiger partial charge is 0.305 e. The van der Waals surface area contributed by atoms with Crippen LogP contribution in [0.15, 0.2) is 36.4 Å². The Balaban J connectivity index is 2.37. The van der Waals surface area contributed by atoms with Crippen LogP contribution in [0, 0.1) is 21.7 Å². The Hall–Kier alpha value is -2.54. The molecule has 0 aliphatic rings. The van der Waals surface area contributed by atoms with Crippen LogP contribution in [0.5, 0.6) is 0 Å². The van der Waals surface area contributed by atoms with E-state index in [1.807, 2.05) is 0 Å². The van der Waals surface area contributed by atoms with Crippen LogP contribution in [-0.2, 0) is 0 Å². The molecule has 0 saturated carbocycles. The number of amides is 1. The van der Waals surface area contributed by atoms with Crippen molar-refractivity contribution in [3.63, 3.8) is 0 Å². The first-order chi connectivity index (χ1) is 9.90. The fourth-order valence-electron chi connectivity index (χ4n) is 1.62. The van der Waals surface area contributed by atoms with Crippen LogP contribution in [-0.4, -0.2) is 10.8 Å². The summed E-state index contributed by atoms with van der Waals surface area (Å²) in [6.45, 7) is 0. The van der Waals surface area contributed by atoms with Gasteiger partial charge in [0.25, 0.3) is 5.91 Å². The molecule has 0 heterocycles. The quantitative estimate of drug-likeness (QED) is 0.692. The van der Waals surface area contributed by atoms with Crippen molar-refractivity contribution in [3.05, 3.63) is 68.7 Å². The average Bonchev–Trinajstić information content (AvgIpc) is 2.41. The van der Waals surface area contributed by atoms with Gasteiger partial charge in [-0.2, -0.15) is 4.39 Å². The molecule has 0 unspecified atom stereocenters. The largest absolute Gasteiger partial charge is 0.322 e. The number of rotatable bonds is 3. The molecular formula is C13H7ClF2N2O3. The number of carbonyl (C=O) groups excluding carboxylic acids is 1. The van der Waals surface area contributed by atoms with Crippen LogP contribution < -0.4 is 5.32 Å². The van der Waals surface area contributed by atoms with Gasteiger partial charge in [0.2, 0.25) is 5.82 Å². The second kappa shape index (κ2) is 5.84. The van der Waals surface area contributed by atoms with Gasteiger partial charge in [0.05, 0.1) is 4.92 Å². The zero-order valence-electron chi connectivity index (χ0n) is 10.3. The van der Waals surface area contributed by atoms with Crippen molar-refractivity contribution in [2.75, 3.05) is 5.32 Å². The Kier molecular flexibility index (Phi) is 4.13. The van der Waals surface area contributed by atoms with E-state index < -0.39 is 33.7 Å². The highest BCUT2D eigenvalue weighted by Gasteiger charge is 2.26. The summed E-state index contributed by atoms with van der Waals surface area (Å²) in [6.07, 6.45) is 0. The number of carbonyl (C=O) groups is 1. The molecule has 5 nitrogen and oxygen atoms in total. The predicted octanol–water partition coefficient (Wildman–Crippen LogP) is 3.78. The van der Waals surface area contributed by atoms with Crippen molar-refractivity contribution in [1.82, 2.24) is 0 Å². The number of hydrogen-bond donors (Lipinski definition) is 1. The second-order valence-electron chi connectivity index (χ2n) is 3.97. The lowest BCUT2D eigenvalue weighted by Crippen LogP contribution is -2.16. The normalized spacial score (nSPS) is 10.2. The van der Waals surface area contributed by atoms with Crippen molar-refractivity contribution in [2.24, 2.45) is 0 Å². The number of nitro groups is 1. The van der Waals surface area contributed by atoms with Crippen LogP contribution in [0.1, 0.15) is 10.4 Å². The third kappa shape index (κ3) is 3.14. The van der Waals surface area contributed by atoms with Gasteiger partial charge in [0.1, 0.15) is 11.4 Å². The van der Waals surface area contributed by atoms with Crippen LogP contribution in [0.4, 0.5) is 20.2 Å². The summed E-state index contributed by atoms with van der Waals surface area (Å²) in [5, 5.41) is 13.3. The number of benzene rings is 2. The Labute approximate surface area is 122 Å². The van der Waals surface area contributed by atoms with Crippen molar-refractivity contribution in [3.8, 4) is 0 Å². The summed E-state index contributed by atoms with van der Waals surface area (Å²) in [5.74, 6) is -3.84. The molecule has 1 amide bonds. The molecule has 0 aliphatic heterocycles. The molecule has 21 heavy (non-hydrogen) atoms. The minimum absolute atomic E-state index is 0.245. The van der Waals surface area contributed by atoms with Gasteiger partial charge in [-0.05, 0) is 30.3 Å². The Bertz CT molecular complexity index is 720. The summed E-state index contributed by atoms with van der Waals surface area (Å²) >= 11 is 5.66. The Morgan fingerprint density at radius 3 is 2.33 bits per heavy atom. The summed E-state index contributed by atoms with van der Waals surface area (Å²) < 4.78 is 27.4. The highest BCUT2D eigenvalue weighted by atomic mass is 35.5. The first-order valence-electron chi connectivity index (χ1n) is 5.59. The molecule has 2 rings (SSSR count). The van der Waals surface area contributed by atoms with E-state index in [0.29, 0.717) is 17.2 Å². The Morgan fingerprint density at radius 2 is 1.76 bits per heavy atom. The highest BCUT2D eigenvalue weighted by molar-refractivity contribution is 6.30. The maximum atomic E-state index is 13.8. The van der Waals surface area contributed by atoms with E-state index in [0.717, 1.165) is 0 Å². The zero-order chi connectivity index (χ0) is 15.6. The zero-order valence-corrected chi connectivity index (χ0v) is 11.0. The van der Waals surface area contributed by atoms with Gasteiger partial charge in [0.15, 0.2) is 0 Å². The van der Waals surface area contributed by atoms with E-state index in [9.17, 15) is 23.7 Å². The van der Waals surface area contributed by atoms with Gasteiger partial charge in [0, 0.05) is 16.8 Å². The number of nitro benzene ring substituents is 1. The fourth-order valence-corrected chi connectivity index (χ4v) is 1.74. The van der Waals surface area contributed by atoms with Gasteiger partial charge in [-0.1, -0.05) is 11.6 Å². The second-order valence-corrected chi connectivity index (χ2v) is 4.41. The number of anilines is 1. The molecule has 1 N–H and O–H groups in total. The standard InChI is InChI=1S/C13H7ClF2N2O3/c14-7-1-3-8(4-2-7)17-13(19)11-9(15)5-6-10(12(11)16)18(20)21/h1-6H,(H,17,19). The monoisotopic (exact) mass is 312 g/mol.